The highest BCUT2D eigenvalue weighted by Crippen LogP contribution is 2.46. The molecule has 0 bridgehead atoms. The Balaban J connectivity index is 2.19. The number of nitriles is 1. The monoisotopic (exact) mass is 489 g/mol. The van der Waals surface area contributed by atoms with Crippen molar-refractivity contribution in [3.05, 3.63) is 50.2 Å². The van der Waals surface area contributed by atoms with Gasteiger partial charge in [-0.15, -0.1) is 0 Å². The van der Waals surface area contributed by atoms with Gasteiger partial charge < -0.3 is 15.4 Å². The maximum Gasteiger partial charge on any atom is 0.254 e. The Hall–Kier alpha value is -2.44. The number of allylic oxidation sites excluding steroid dienone is 2. The van der Waals surface area contributed by atoms with Crippen molar-refractivity contribution in [1.82, 2.24) is 9.80 Å². The topological polar surface area (TPSA) is 94.9 Å². The molecule has 0 saturated heterocycles. The molecule has 9 heteroatoms. The van der Waals surface area contributed by atoms with Gasteiger partial charge in [0.15, 0.2) is 5.17 Å². The Labute approximate surface area is 189 Å². The number of ether oxygens (including phenoxy) is 1. The fourth-order valence-corrected chi connectivity index (χ4v) is 5.00. The molecular weight excluding hydrogens is 466 g/mol. The molecule has 2 N–H and O–H groups in total. The van der Waals surface area contributed by atoms with E-state index in [4.69, 9.17) is 10.5 Å². The number of nitrogens with two attached hydrogens (primary N) is 1. The van der Waals surface area contributed by atoms with Crippen LogP contribution < -0.4 is 10.5 Å². The SMILES string of the molecule is CCOc1ccc([C@@H]2C(C(=O)N(CC)CC)=C(C)N=C3SC(C#N)=C(N)N32)cc1Br. The molecule has 0 aliphatic carbocycles. The quantitative estimate of drug-likeness (QED) is 0.645. The number of nitrogens with zero attached hydrogens (tertiary/aromatic N) is 4. The number of halogens is 1. The number of hydrogen-bond acceptors (Lipinski definition) is 7. The zero-order valence-electron chi connectivity index (χ0n) is 17.4. The third-order valence-corrected chi connectivity index (χ3v) is 6.63. The third kappa shape index (κ3) is 3.82. The van der Waals surface area contributed by atoms with Crippen molar-refractivity contribution >= 4 is 38.8 Å². The lowest BCUT2D eigenvalue weighted by Gasteiger charge is -2.37. The second-order valence-electron chi connectivity index (χ2n) is 6.69. The number of amides is 1. The number of aliphatic imine (C=N–C) groups is 1. The first kappa shape index (κ1) is 22.2. The number of hydrogen-bond donors (Lipinski definition) is 1. The maximum absolute atomic E-state index is 13.5. The summed E-state index contributed by atoms with van der Waals surface area (Å²) in [5.41, 5.74) is 8.38. The molecule has 1 amide bonds. The zero-order chi connectivity index (χ0) is 22.0. The summed E-state index contributed by atoms with van der Waals surface area (Å²) in [5, 5.41) is 10.1. The lowest BCUT2D eigenvalue weighted by Crippen LogP contribution is -2.42. The van der Waals surface area contributed by atoms with E-state index in [1.807, 2.05) is 45.9 Å². The Kier molecular flexibility index (Phi) is 6.78. The smallest absolute Gasteiger partial charge is 0.254 e. The molecule has 0 saturated carbocycles. The highest BCUT2D eigenvalue weighted by Gasteiger charge is 2.43. The molecule has 1 aromatic carbocycles. The predicted molar refractivity (Wildman–Crippen MR) is 122 cm³/mol. The lowest BCUT2D eigenvalue weighted by atomic mass is 9.93. The van der Waals surface area contributed by atoms with Crippen LogP contribution in [0.4, 0.5) is 0 Å². The Morgan fingerprint density at radius 1 is 1.40 bits per heavy atom. The van der Waals surface area contributed by atoms with Crippen LogP contribution in [0, 0.1) is 11.3 Å². The molecule has 0 fully saturated rings. The van der Waals surface area contributed by atoms with E-state index in [1.165, 1.54) is 11.8 Å². The molecule has 30 heavy (non-hydrogen) atoms. The highest BCUT2D eigenvalue weighted by molar-refractivity contribution is 9.10. The largest absolute Gasteiger partial charge is 0.493 e. The van der Waals surface area contributed by atoms with E-state index in [0.717, 1.165) is 15.8 Å². The predicted octanol–water partition coefficient (Wildman–Crippen LogP) is 4.10. The average Bonchev–Trinajstić information content (AvgIpc) is 3.04. The number of benzene rings is 1. The minimum Gasteiger partial charge on any atom is -0.493 e. The van der Waals surface area contributed by atoms with Crippen molar-refractivity contribution in [2.24, 2.45) is 10.7 Å². The minimum atomic E-state index is -0.490. The van der Waals surface area contributed by atoms with Gasteiger partial charge in [-0.2, -0.15) is 5.26 Å². The Bertz CT molecular complexity index is 1010. The summed E-state index contributed by atoms with van der Waals surface area (Å²) in [6.45, 7) is 9.38. The average molecular weight is 490 g/mol. The van der Waals surface area contributed by atoms with Gasteiger partial charge in [-0.1, -0.05) is 6.07 Å². The zero-order valence-corrected chi connectivity index (χ0v) is 19.8. The number of amidine groups is 1. The molecule has 0 spiro atoms. The number of carbonyl (C=O) groups is 1. The fraction of sp³-hybridized carbons (Fsp3) is 0.381. The molecule has 1 atom stereocenters. The van der Waals surface area contributed by atoms with Crippen molar-refractivity contribution in [2.45, 2.75) is 33.7 Å². The van der Waals surface area contributed by atoms with Gasteiger partial charge in [0.05, 0.1) is 28.4 Å². The summed E-state index contributed by atoms with van der Waals surface area (Å²) in [7, 11) is 0. The number of rotatable bonds is 6. The second kappa shape index (κ2) is 9.14. The summed E-state index contributed by atoms with van der Waals surface area (Å²) in [5.74, 6) is 0.951. The fourth-order valence-electron chi connectivity index (χ4n) is 3.57. The molecule has 0 aromatic heterocycles. The van der Waals surface area contributed by atoms with Crippen LogP contribution in [-0.2, 0) is 4.79 Å². The van der Waals surface area contributed by atoms with Gasteiger partial charge in [0.1, 0.15) is 22.5 Å². The maximum atomic E-state index is 13.5. The van der Waals surface area contributed by atoms with E-state index in [-0.39, 0.29) is 5.91 Å². The van der Waals surface area contributed by atoms with Crippen LogP contribution in [0.1, 0.15) is 39.3 Å². The molecule has 158 valence electrons. The summed E-state index contributed by atoms with van der Waals surface area (Å²) >= 11 is 4.80. The standard InChI is InChI=1S/C21H24BrN5O2S/c1-5-26(6-2)20(28)17-12(4)25-21-27(19(24)16(11-23)30-21)18(17)13-8-9-15(29-7-3)14(22)10-13/h8-10,18H,5-7,24H2,1-4H3/t18-/m1/s1. The van der Waals surface area contributed by atoms with Gasteiger partial charge in [0, 0.05) is 13.1 Å². The van der Waals surface area contributed by atoms with E-state index < -0.39 is 6.04 Å². The molecule has 2 aliphatic rings. The van der Waals surface area contributed by atoms with Crippen LogP contribution in [0.5, 0.6) is 5.75 Å². The van der Waals surface area contributed by atoms with Gasteiger partial charge in [-0.25, -0.2) is 4.99 Å². The second-order valence-corrected chi connectivity index (χ2v) is 8.53. The Morgan fingerprint density at radius 3 is 2.67 bits per heavy atom. The molecule has 0 radical (unpaired) electrons. The lowest BCUT2D eigenvalue weighted by molar-refractivity contribution is -0.127. The molecule has 0 unspecified atom stereocenters. The van der Waals surface area contributed by atoms with Crippen LogP contribution >= 0.6 is 27.7 Å². The Morgan fingerprint density at radius 2 is 2.10 bits per heavy atom. The van der Waals surface area contributed by atoms with E-state index in [1.54, 1.807) is 9.80 Å². The molecule has 7 nitrogen and oxygen atoms in total. The van der Waals surface area contributed by atoms with Gasteiger partial charge in [0.2, 0.25) is 0 Å². The normalized spacial score (nSPS) is 18.2. The number of carbonyl (C=O) groups excluding carboxylic acids is 1. The van der Waals surface area contributed by atoms with Gasteiger partial charge >= 0.3 is 0 Å². The van der Waals surface area contributed by atoms with Crippen molar-refractivity contribution in [1.29, 1.82) is 5.26 Å². The van der Waals surface area contributed by atoms with E-state index in [9.17, 15) is 10.1 Å². The minimum absolute atomic E-state index is 0.0847. The van der Waals surface area contributed by atoms with Crippen LogP contribution in [0.25, 0.3) is 0 Å². The van der Waals surface area contributed by atoms with Crippen molar-refractivity contribution in [2.75, 3.05) is 19.7 Å². The summed E-state index contributed by atoms with van der Waals surface area (Å²) in [6.07, 6.45) is 0. The van der Waals surface area contributed by atoms with E-state index >= 15 is 0 Å². The molecule has 3 rings (SSSR count). The van der Waals surface area contributed by atoms with Gasteiger partial charge in [0.25, 0.3) is 5.91 Å². The summed E-state index contributed by atoms with van der Waals surface area (Å²) < 4.78 is 6.42. The number of fused-ring (bicyclic) bond motifs is 1. The highest BCUT2D eigenvalue weighted by atomic mass is 79.9. The van der Waals surface area contributed by atoms with Crippen LogP contribution in [-0.4, -0.2) is 40.6 Å². The van der Waals surface area contributed by atoms with Crippen LogP contribution in [0.2, 0.25) is 0 Å². The summed E-state index contributed by atoms with van der Waals surface area (Å²) in [4.78, 5) is 22.0. The first-order valence-electron chi connectivity index (χ1n) is 9.75. The van der Waals surface area contributed by atoms with E-state index in [0.29, 0.717) is 46.9 Å². The summed E-state index contributed by atoms with van der Waals surface area (Å²) in [6, 6.07) is 7.38. The van der Waals surface area contributed by atoms with Crippen molar-refractivity contribution < 1.29 is 9.53 Å². The molecule has 2 aliphatic heterocycles. The van der Waals surface area contributed by atoms with Crippen LogP contribution in [0.15, 0.2) is 49.7 Å². The van der Waals surface area contributed by atoms with Gasteiger partial charge in [-0.3, -0.25) is 9.69 Å². The van der Waals surface area contributed by atoms with E-state index in [2.05, 4.69) is 27.0 Å². The van der Waals surface area contributed by atoms with Crippen LogP contribution in [0.3, 0.4) is 0 Å². The first-order valence-corrected chi connectivity index (χ1v) is 11.4. The third-order valence-electron chi connectivity index (χ3n) is 5.03. The first-order chi connectivity index (χ1) is 14.4. The molecule has 1 aromatic rings. The van der Waals surface area contributed by atoms with Crippen molar-refractivity contribution in [3.63, 3.8) is 0 Å². The number of thioether (sulfide) groups is 1. The van der Waals surface area contributed by atoms with Crippen molar-refractivity contribution in [3.8, 4) is 11.8 Å². The molecule has 2 heterocycles. The van der Waals surface area contributed by atoms with Gasteiger partial charge in [-0.05, 0) is 73.1 Å². The molecular formula is C21H24BrN5O2S. The number of likely N-dealkylation sites (N-methyl/N-ethyl adjacent to an activating group) is 1.